The molecule has 0 saturated heterocycles. The van der Waals surface area contributed by atoms with E-state index in [2.05, 4.69) is 11.9 Å². The van der Waals surface area contributed by atoms with E-state index < -0.39 is 5.54 Å². The fraction of sp³-hybridized carbons (Fsp3) is 0.125. The van der Waals surface area contributed by atoms with Crippen molar-refractivity contribution in [1.82, 2.24) is 0 Å². The van der Waals surface area contributed by atoms with Crippen molar-refractivity contribution in [2.45, 2.75) is 12.0 Å². The van der Waals surface area contributed by atoms with Crippen LogP contribution in [0.1, 0.15) is 11.1 Å². The molecule has 1 aliphatic heterocycles. The number of benzene rings is 2. The van der Waals surface area contributed by atoms with Gasteiger partial charge in [-0.05, 0) is 47.5 Å². The zero-order valence-corrected chi connectivity index (χ0v) is 12.9. The third kappa shape index (κ3) is 2.31. The maximum absolute atomic E-state index is 6.12. The van der Waals surface area contributed by atoms with Crippen LogP contribution in [0.2, 0.25) is 15.1 Å². The van der Waals surface area contributed by atoms with Crippen molar-refractivity contribution in [2.24, 2.45) is 0 Å². The molecule has 0 unspecified atom stereocenters. The van der Waals surface area contributed by atoms with Crippen molar-refractivity contribution in [1.29, 1.82) is 0 Å². The standard InChI is InChI=1S/C16H12Cl3N/c1-2-16(11-6-13(18)8-14(19)7-11)9-10-5-12(17)3-4-15(10)20-16/h2-8,20H,1,9H2/t16-/m1/s1. The maximum Gasteiger partial charge on any atom is 0.0849 e. The Morgan fingerprint density at radius 2 is 1.70 bits per heavy atom. The van der Waals surface area contributed by atoms with E-state index >= 15 is 0 Å². The summed E-state index contributed by atoms with van der Waals surface area (Å²) in [6.45, 7) is 3.97. The molecule has 20 heavy (non-hydrogen) atoms. The summed E-state index contributed by atoms with van der Waals surface area (Å²) < 4.78 is 0. The highest BCUT2D eigenvalue weighted by molar-refractivity contribution is 6.34. The van der Waals surface area contributed by atoms with Gasteiger partial charge in [0.25, 0.3) is 0 Å². The Balaban J connectivity index is 2.09. The fourth-order valence-corrected chi connectivity index (χ4v) is 3.36. The molecule has 2 aromatic carbocycles. The van der Waals surface area contributed by atoms with Gasteiger partial charge >= 0.3 is 0 Å². The molecule has 2 aromatic rings. The molecule has 1 N–H and O–H groups in total. The minimum atomic E-state index is -0.401. The number of rotatable bonds is 2. The first kappa shape index (κ1) is 13.8. The first-order valence-corrected chi connectivity index (χ1v) is 7.32. The number of anilines is 1. The lowest BCUT2D eigenvalue weighted by molar-refractivity contribution is 0.645. The van der Waals surface area contributed by atoms with Gasteiger partial charge in [0.1, 0.15) is 0 Å². The van der Waals surface area contributed by atoms with Crippen LogP contribution in [0.25, 0.3) is 0 Å². The van der Waals surface area contributed by atoms with Gasteiger partial charge in [0.05, 0.1) is 5.54 Å². The Morgan fingerprint density at radius 3 is 2.35 bits per heavy atom. The molecule has 0 aromatic heterocycles. The molecule has 1 aliphatic rings. The average Bonchev–Trinajstić information content (AvgIpc) is 2.76. The third-order valence-corrected chi connectivity index (χ3v) is 4.29. The van der Waals surface area contributed by atoms with E-state index in [-0.39, 0.29) is 0 Å². The molecule has 1 nitrogen and oxygen atoms in total. The molecule has 0 fully saturated rings. The van der Waals surface area contributed by atoms with Gasteiger partial charge in [-0.2, -0.15) is 0 Å². The van der Waals surface area contributed by atoms with Gasteiger partial charge in [0, 0.05) is 27.2 Å². The van der Waals surface area contributed by atoms with E-state index in [1.165, 1.54) is 0 Å². The molecule has 0 aliphatic carbocycles. The summed E-state index contributed by atoms with van der Waals surface area (Å²) in [6.07, 6.45) is 2.66. The van der Waals surface area contributed by atoms with E-state index in [1.54, 1.807) is 6.07 Å². The molecule has 0 spiro atoms. The van der Waals surface area contributed by atoms with Gasteiger partial charge in [0.15, 0.2) is 0 Å². The fourth-order valence-electron chi connectivity index (χ4n) is 2.64. The Labute approximate surface area is 133 Å². The zero-order chi connectivity index (χ0) is 14.3. The Bertz CT molecular complexity index is 676. The Kier molecular flexibility index (Phi) is 3.45. The van der Waals surface area contributed by atoms with Crippen LogP contribution < -0.4 is 5.32 Å². The maximum atomic E-state index is 6.12. The average molecular weight is 325 g/mol. The summed E-state index contributed by atoms with van der Waals surface area (Å²) in [5, 5.41) is 5.46. The summed E-state index contributed by atoms with van der Waals surface area (Å²) in [7, 11) is 0. The van der Waals surface area contributed by atoms with Gasteiger partial charge in [-0.25, -0.2) is 0 Å². The SMILES string of the molecule is C=C[C@]1(c2cc(Cl)cc(Cl)c2)Cc2cc(Cl)ccc2N1. The normalized spacial score (nSPS) is 20.4. The van der Waals surface area contributed by atoms with Crippen molar-refractivity contribution < 1.29 is 0 Å². The van der Waals surface area contributed by atoms with E-state index in [0.717, 1.165) is 28.3 Å². The summed E-state index contributed by atoms with van der Waals surface area (Å²) in [5.74, 6) is 0. The molecule has 0 saturated carbocycles. The summed E-state index contributed by atoms with van der Waals surface area (Å²) >= 11 is 18.3. The lowest BCUT2D eigenvalue weighted by Gasteiger charge is -2.27. The highest BCUT2D eigenvalue weighted by Crippen LogP contribution is 2.42. The molecule has 3 rings (SSSR count). The number of fused-ring (bicyclic) bond motifs is 1. The quantitative estimate of drug-likeness (QED) is 0.699. The highest BCUT2D eigenvalue weighted by Gasteiger charge is 2.36. The van der Waals surface area contributed by atoms with Crippen molar-refractivity contribution in [2.75, 3.05) is 5.32 Å². The monoisotopic (exact) mass is 323 g/mol. The second kappa shape index (κ2) is 5.00. The van der Waals surface area contributed by atoms with E-state index in [9.17, 15) is 0 Å². The van der Waals surface area contributed by atoms with Crippen LogP contribution in [0, 0.1) is 0 Å². The van der Waals surface area contributed by atoms with Gasteiger partial charge < -0.3 is 5.32 Å². The molecule has 0 radical (unpaired) electrons. The number of halogens is 3. The largest absolute Gasteiger partial charge is 0.372 e. The van der Waals surface area contributed by atoms with Gasteiger partial charge in [-0.15, -0.1) is 6.58 Å². The summed E-state index contributed by atoms with van der Waals surface area (Å²) in [4.78, 5) is 0. The van der Waals surface area contributed by atoms with Crippen LogP contribution in [0.15, 0.2) is 49.1 Å². The van der Waals surface area contributed by atoms with Gasteiger partial charge in [-0.3, -0.25) is 0 Å². The van der Waals surface area contributed by atoms with Crippen LogP contribution in [0.3, 0.4) is 0 Å². The minimum Gasteiger partial charge on any atom is -0.372 e. The topological polar surface area (TPSA) is 12.0 Å². The summed E-state index contributed by atoms with van der Waals surface area (Å²) in [6, 6.07) is 11.4. The number of hydrogen-bond acceptors (Lipinski definition) is 1. The highest BCUT2D eigenvalue weighted by atomic mass is 35.5. The molecule has 102 valence electrons. The van der Waals surface area contributed by atoms with E-state index in [0.29, 0.717) is 10.0 Å². The van der Waals surface area contributed by atoms with Crippen molar-refractivity contribution in [3.05, 3.63) is 75.2 Å². The van der Waals surface area contributed by atoms with Crippen LogP contribution in [0.5, 0.6) is 0 Å². The second-order valence-corrected chi connectivity index (χ2v) is 6.25. The zero-order valence-electron chi connectivity index (χ0n) is 10.6. The predicted molar refractivity (Wildman–Crippen MR) is 87.1 cm³/mol. The van der Waals surface area contributed by atoms with Gasteiger partial charge in [-0.1, -0.05) is 40.9 Å². The van der Waals surface area contributed by atoms with E-state index in [4.69, 9.17) is 34.8 Å². The Hall–Kier alpha value is -1.15. The van der Waals surface area contributed by atoms with Crippen LogP contribution >= 0.6 is 34.8 Å². The summed E-state index contributed by atoms with van der Waals surface area (Å²) in [5.41, 5.74) is 2.82. The van der Waals surface area contributed by atoms with Crippen molar-refractivity contribution >= 4 is 40.5 Å². The predicted octanol–water partition coefficient (Wildman–Crippen LogP) is 5.70. The Morgan fingerprint density at radius 1 is 1.00 bits per heavy atom. The van der Waals surface area contributed by atoms with Gasteiger partial charge in [0.2, 0.25) is 0 Å². The van der Waals surface area contributed by atoms with E-state index in [1.807, 2.05) is 36.4 Å². The molecular formula is C16H12Cl3N. The van der Waals surface area contributed by atoms with Crippen LogP contribution in [0.4, 0.5) is 5.69 Å². The smallest absolute Gasteiger partial charge is 0.0849 e. The van der Waals surface area contributed by atoms with Crippen LogP contribution in [-0.4, -0.2) is 0 Å². The molecule has 1 heterocycles. The lowest BCUT2D eigenvalue weighted by atomic mass is 9.87. The molecule has 4 heteroatoms. The molecule has 0 bridgehead atoms. The first-order valence-electron chi connectivity index (χ1n) is 6.19. The first-order chi connectivity index (χ1) is 9.52. The van der Waals surface area contributed by atoms with Crippen molar-refractivity contribution in [3.8, 4) is 0 Å². The third-order valence-electron chi connectivity index (χ3n) is 3.62. The molecular weight excluding hydrogens is 313 g/mol. The second-order valence-electron chi connectivity index (χ2n) is 4.94. The van der Waals surface area contributed by atoms with Crippen molar-refractivity contribution in [3.63, 3.8) is 0 Å². The lowest BCUT2D eigenvalue weighted by Crippen LogP contribution is -2.30. The minimum absolute atomic E-state index is 0.401. The van der Waals surface area contributed by atoms with Crippen LogP contribution in [-0.2, 0) is 12.0 Å². The number of hydrogen-bond donors (Lipinski definition) is 1. The number of nitrogens with one attached hydrogen (secondary N) is 1. The molecule has 0 amide bonds. The molecule has 1 atom stereocenters.